The van der Waals surface area contributed by atoms with Crippen molar-refractivity contribution in [2.24, 2.45) is 0 Å². The van der Waals surface area contributed by atoms with Gasteiger partial charge in [-0.25, -0.2) is 14.5 Å². The first kappa shape index (κ1) is 17.8. The molecule has 0 fully saturated rings. The summed E-state index contributed by atoms with van der Waals surface area (Å²) in [5.74, 6) is 0.651. The second kappa shape index (κ2) is 6.52. The van der Waals surface area contributed by atoms with Gasteiger partial charge in [0.15, 0.2) is 5.82 Å². The molecule has 28 heavy (non-hydrogen) atoms. The summed E-state index contributed by atoms with van der Waals surface area (Å²) >= 11 is 0. The number of aryl methyl sites for hydroxylation is 1. The Bertz CT molecular complexity index is 1150. The second-order valence-corrected chi connectivity index (χ2v) is 6.15. The summed E-state index contributed by atoms with van der Waals surface area (Å²) in [7, 11) is 0. The number of benzene rings is 2. The number of anilines is 2. The maximum Gasteiger partial charge on any atom is 0.416 e. The number of fused-ring (bicyclic) bond motifs is 1. The van der Waals surface area contributed by atoms with Gasteiger partial charge < -0.3 is 10.4 Å². The van der Waals surface area contributed by atoms with Gasteiger partial charge in [0, 0.05) is 11.3 Å². The third-order valence-corrected chi connectivity index (χ3v) is 4.15. The average Bonchev–Trinajstić information content (AvgIpc) is 2.99. The molecule has 0 amide bonds. The fourth-order valence-corrected chi connectivity index (χ4v) is 2.78. The van der Waals surface area contributed by atoms with Crippen LogP contribution in [-0.2, 0) is 6.18 Å². The third-order valence-electron chi connectivity index (χ3n) is 4.15. The standard InChI is InChI=1S/C19H14F3N5O/c1-11-16-10-23-18(25-14-5-7-15(28)8-6-14)26-27(16)17(24-11)12-3-2-4-13(9-12)19(20,21)22/h2-10,28H,1H3,(H,25,26). The number of hydrogen-bond donors (Lipinski definition) is 2. The number of aromatic hydroxyl groups is 1. The lowest BCUT2D eigenvalue weighted by Crippen LogP contribution is -2.06. The van der Waals surface area contributed by atoms with E-state index in [0.29, 0.717) is 22.5 Å². The molecule has 0 spiro atoms. The Morgan fingerprint density at radius 1 is 1.07 bits per heavy atom. The molecule has 0 saturated heterocycles. The molecule has 2 heterocycles. The summed E-state index contributed by atoms with van der Waals surface area (Å²) in [5, 5.41) is 16.7. The van der Waals surface area contributed by atoms with Crippen LogP contribution < -0.4 is 5.32 Å². The molecule has 0 radical (unpaired) electrons. The monoisotopic (exact) mass is 385 g/mol. The quantitative estimate of drug-likeness (QED) is 0.506. The largest absolute Gasteiger partial charge is 0.508 e. The first-order valence-electron chi connectivity index (χ1n) is 8.27. The Balaban J connectivity index is 1.78. The molecule has 6 nitrogen and oxygen atoms in total. The number of phenols is 1. The lowest BCUT2D eigenvalue weighted by atomic mass is 10.1. The zero-order valence-corrected chi connectivity index (χ0v) is 14.6. The van der Waals surface area contributed by atoms with Crippen molar-refractivity contribution >= 4 is 17.2 Å². The van der Waals surface area contributed by atoms with Crippen molar-refractivity contribution in [3.8, 4) is 17.1 Å². The summed E-state index contributed by atoms with van der Waals surface area (Å²) in [6, 6.07) is 11.3. The number of halogens is 3. The Kier molecular flexibility index (Phi) is 4.14. The molecule has 9 heteroatoms. The number of nitrogens with one attached hydrogen (secondary N) is 1. The average molecular weight is 385 g/mol. The number of phenolic OH excluding ortho intramolecular Hbond substituents is 1. The molecule has 0 unspecified atom stereocenters. The van der Waals surface area contributed by atoms with Gasteiger partial charge in [0.05, 0.1) is 17.5 Å². The zero-order valence-electron chi connectivity index (χ0n) is 14.6. The van der Waals surface area contributed by atoms with Crippen molar-refractivity contribution in [2.45, 2.75) is 13.1 Å². The van der Waals surface area contributed by atoms with Gasteiger partial charge in [0.25, 0.3) is 0 Å². The van der Waals surface area contributed by atoms with Crippen LogP contribution in [0.3, 0.4) is 0 Å². The molecule has 4 rings (SSSR count). The van der Waals surface area contributed by atoms with E-state index >= 15 is 0 Å². The Labute approximate surface area is 157 Å². The molecule has 0 bridgehead atoms. The highest BCUT2D eigenvalue weighted by Gasteiger charge is 2.30. The second-order valence-electron chi connectivity index (χ2n) is 6.15. The van der Waals surface area contributed by atoms with E-state index in [1.165, 1.54) is 22.7 Å². The van der Waals surface area contributed by atoms with E-state index in [9.17, 15) is 18.3 Å². The van der Waals surface area contributed by atoms with Crippen LogP contribution in [0.25, 0.3) is 16.9 Å². The molecular weight excluding hydrogens is 371 g/mol. The van der Waals surface area contributed by atoms with E-state index in [1.54, 1.807) is 31.3 Å². The topological polar surface area (TPSA) is 75.3 Å². The maximum atomic E-state index is 13.1. The molecule has 0 aliphatic carbocycles. The summed E-state index contributed by atoms with van der Waals surface area (Å²) in [4.78, 5) is 8.60. The van der Waals surface area contributed by atoms with Gasteiger partial charge in [-0.15, -0.1) is 5.10 Å². The van der Waals surface area contributed by atoms with Crippen molar-refractivity contribution in [3.63, 3.8) is 0 Å². The van der Waals surface area contributed by atoms with Crippen LogP contribution in [0.1, 0.15) is 11.3 Å². The molecule has 0 aliphatic rings. The van der Waals surface area contributed by atoms with Crippen LogP contribution >= 0.6 is 0 Å². The van der Waals surface area contributed by atoms with Crippen LogP contribution in [0.2, 0.25) is 0 Å². The van der Waals surface area contributed by atoms with Gasteiger partial charge in [0.2, 0.25) is 5.95 Å². The summed E-state index contributed by atoms with van der Waals surface area (Å²) in [6.07, 6.45) is -2.89. The number of imidazole rings is 1. The molecule has 0 aliphatic heterocycles. The van der Waals surface area contributed by atoms with E-state index in [4.69, 9.17) is 0 Å². The summed E-state index contributed by atoms with van der Waals surface area (Å²) in [5.41, 5.74) is 1.38. The zero-order chi connectivity index (χ0) is 19.9. The van der Waals surface area contributed by atoms with Crippen molar-refractivity contribution in [1.82, 2.24) is 19.6 Å². The normalized spacial score (nSPS) is 11.7. The van der Waals surface area contributed by atoms with E-state index in [0.717, 1.165) is 12.1 Å². The highest BCUT2D eigenvalue weighted by molar-refractivity contribution is 5.65. The van der Waals surface area contributed by atoms with Gasteiger partial charge in [-0.3, -0.25) is 0 Å². The minimum atomic E-state index is -4.45. The predicted octanol–water partition coefficient (Wildman–Crippen LogP) is 4.57. The van der Waals surface area contributed by atoms with Crippen molar-refractivity contribution in [2.75, 3.05) is 5.32 Å². The van der Waals surface area contributed by atoms with Crippen molar-refractivity contribution in [3.05, 3.63) is 66.0 Å². The molecule has 0 atom stereocenters. The van der Waals surface area contributed by atoms with Crippen LogP contribution in [-0.4, -0.2) is 24.7 Å². The number of aromatic nitrogens is 4. The Morgan fingerprint density at radius 2 is 1.82 bits per heavy atom. The first-order chi connectivity index (χ1) is 13.3. The van der Waals surface area contributed by atoms with Crippen LogP contribution in [0.5, 0.6) is 5.75 Å². The Hall–Kier alpha value is -3.62. The molecule has 2 N–H and O–H groups in total. The molecule has 142 valence electrons. The highest BCUT2D eigenvalue weighted by Crippen LogP contribution is 2.32. The first-order valence-corrected chi connectivity index (χ1v) is 8.27. The van der Waals surface area contributed by atoms with Gasteiger partial charge >= 0.3 is 6.18 Å². The van der Waals surface area contributed by atoms with Crippen LogP contribution in [0, 0.1) is 6.92 Å². The molecule has 2 aromatic heterocycles. The molecular formula is C19H14F3N5O. The van der Waals surface area contributed by atoms with Gasteiger partial charge in [-0.05, 0) is 43.3 Å². The van der Waals surface area contributed by atoms with Crippen molar-refractivity contribution < 1.29 is 18.3 Å². The predicted molar refractivity (Wildman–Crippen MR) is 97.3 cm³/mol. The van der Waals surface area contributed by atoms with E-state index < -0.39 is 11.7 Å². The van der Waals surface area contributed by atoms with Gasteiger partial charge in [0.1, 0.15) is 11.3 Å². The van der Waals surface area contributed by atoms with E-state index in [2.05, 4.69) is 20.4 Å². The molecule has 2 aromatic carbocycles. The SMILES string of the molecule is Cc1nc(-c2cccc(C(F)(F)F)c2)n2nc(Nc3ccc(O)cc3)ncc12. The lowest BCUT2D eigenvalue weighted by Gasteiger charge is -2.09. The van der Waals surface area contributed by atoms with Gasteiger partial charge in [-0.2, -0.15) is 13.2 Å². The smallest absolute Gasteiger partial charge is 0.416 e. The number of rotatable bonds is 3. The fraction of sp³-hybridized carbons (Fsp3) is 0.105. The fourth-order valence-electron chi connectivity index (χ4n) is 2.78. The summed E-state index contributed by atoms with van der Waals surface area (Å²) < 4.78 is 40.6. The third kappa shape index (κ3) is 3.34. The maximum absolute atomic E-state index is 13.1. The molecule has 4 aromatic rings. The minimum Gasteiger partial charge on any atom is -0.508 e. The number of hydrogen-bond acceptors (Lipinski definition) is 5. The number of alkyl halides is 3. The summed E-state index contributed by atoms with van der Waals surface area (Å²) in [6.45, 7) is 1.74. The highest BCUT2D eigenvalue weighted by atomic mass is 19.4. The van der Waals surface area contributed by atoms with Crippen LogP contribution in [0.4, 0.5) is 24.8 Å². The van der Waals surface area contributed by atoms with Crippen LogP contribution in [0.15, 0.2) is 54.7 Å². The Morgan fingerprint density at radius 3 is 2.54 bits per heavy atom. The number of nitrogens with zero attached hydrogens (tertiary/aromatic N) is 4. The molecule has 0 saturated carbocycles. The lowest BCUT2D eigenvalue weighted by molar-refractivity contribution is -0.137. The van der Waals surface area contributed by atoms with E-state index in [1.807, 2.05) is 0 Å². The van der Waals surface area contributed by atoms with E-state index in [-0.39, 0.29) is 17.5 Å². The minimum absolute atomic E-state index is 0.124. The van der Waals surface area contributed by atoms with Crippen molar-refractivity contribution in [1.29, 1.82) is 0 Å². The van der Waals surface area contributed by atoms with Gasteiger partial charge in [-0.1, -0.05) is 12.1 Å².